The minimum absolute atomic E-state index is 0.155. The highest BCUT2D eigenvalue weighted by Crippen LogP contribution is 2.39. The Morgan fingerprint density at radius 1 is 1.37 bits per heavy atom. The van der Waals surface area contributed by atoms with E-state index in [0.29, 0.717) is 17.7 Å². The fraction of sp³-hybridized carbons (Fsp3) is 0.500. The molecule has 19 heavy (non-hydrogen) atoms. The van der Waals surface area contributed by atoms with Crippen molar-refractivity contribution < 1.29 is 14.4 Å². The largest absolute Gasteiger partial charge is 0.486 e. The summed E-state index contributed by atoms with van der Waals surface area (Å²) in [5.41, 5.74) is 3.84. The summed E-state index contributed by atoms with van der Waals surface area (Å²) >= 11 is 0. The zero-order chi connectivity index (χ0) is 13.3. The molecule has 1 aromatic rings. The molecule has 2 heterocycles. The van der Waals surface area contributed by atoms with Crippen molar-refractivity contribution in [2.24, 2.45) is 0 Å². The van der Waals surface area contributed by atoms with Gasteiger partial charge < -0.3 is 10.1 Å². The summed E-state index contributed by atoms with van der Waals surface area (Å²) in [7, 11) is 1.54. The van der Waals surface area contributed by atoms with Crippen molar-refractivity contribution in [1.29, 1.82) is 0 Å². The van der Waals surface area contributed by atoms with Crippen molar-refractivity contribution in [2.45, 2.75) is 24.9 Å². The van der Waals surface area contributed by atoms with Crippen molar-refractivity contribution in [2.75, 3.05) is 25.7 Å². The number of ketones is 1. The van der Waals surface area contributed by atoms with Crippen LogP contribution >= 0.6 is 0 Å². The van der Waals surface area contributed by atoms with Gasteiger partial charge in [0, 0.05) is 12.8 Å². The van der Waals surface area contributed by atoms with Crippen molar-refractivity contribution in [3.05, 3.63) is 23.8 Å². The van der Waals surface area contributed by atoms with Gasteiger partial charge >= 0.3 is 0 Å². The van der Waals surface area contributed by atoms with E-state index in [1.807, 2.05) is 12.1 Å². The molecule has 102 valence electrons. The summed E-state index contributed by atoms with van der Waals surface area (Å²) in [4.78, 5) is 17.2. The Labute approximate surface area is 112 Å². The maximum Gasteiger partial charge on any atom is 0.170 e. The molecule has 0 aliphatic carbocycles. The molecule has 5 nitrogen and oxygen atoms in total. The average molecular weight is 262 g/mol. The van der Waals surface area contributed by atoms with Crippen LogP contribution in [0.5, 0.6) is 5.75 Å². The van der Waals surface area contributed by atoms with Crippen LogP contribution in [0.15, 0.2) is 18.2 Å². The molecule has 0 aromatic heterocycles. The van der Waals surface area contributed by atoms with Crippen molar-refractivity contribution >= 4 is 11.5 Å². The van der Waals surface area contributed by atoms with Gasteiger partial charge in [0.15, 0.2) is 5.78 Å². The number of ether oxygens (including phenoxy) is 1. The molecule has 0 saturated carbocycles. The van der Waals surface area contributed by atoms with Crippen LogP contribution in [0.25, 0.3) is 0 Å². The molecule has 1 aromatic carbocycles. The fourth-order valence-electron chi connectivity index (χ4n) is 2.84. The maximum absolute atomic E-state index is 12.3. The van der Waals surface area contributed by atoms with Crippen LogP contribution in [0.3, 0.4) is 0 Å². The Morgan fingerprint density at radius 2 is 2.16 bits per heavy atom. The molecule has 0 radical (unpaired) electrons. The highest BCUT2D eigenvalue weighted by atomic mass is 16.6. The average Bonchev–Trinajstić information content (AvgIpc) is 2.41. The lowest BCUT2D eigenvalue weighted by molar-refractivity contribution is 0.0187. The molecule has 0 atom stereocenters. The zero-order valence-corrected chi connectivity index (χ0v) is 11.0. The van der Waals surface area contributed by atoms with Gasteiger partial charge in [0.25, 0.3) is 0 Å². The summed E-state index contributed by atoms with van der Waals surface area (Å²) in [6.07, 6.45) is 2.24. The maximum atomic E-state index is 12.3. The molecular formula is C14H18N2O3. The topological polar surface area (TPSA) is 59.6 Å². The Bertz CT molecular complexity index is 495. The monoisotopic (exact) mass is 262 g/mol. The van der Waals surface area contributed by atoms with Crippen LogP contribution < -0.4 is 15.5 Å². The number of benzene rings is 1. The van der Waals surface area contributed by atoms with Crippen LogP contribution in [-0.2, 0) is 4.84 Å². The Balaban J connectivity index is 1.90. The number of piperidine rings is 1. The molecule has 3 rings (SSSR count). The quantitative estimate of drug-likeness (QED) is 0.795. The summed E-state index contributed by atoms with van der Waals surface area (Å²) in [5, 5.41) is 3.30. The molecule has 0 unspecified atom stereocenters. The van der Waals surface area contributed by atoms with Crippen LogP contribution in [0.4, 0.5) is 5.69 Å². The van der Waals surface area contributed by atoms with E-state index in [9.17, 15) is 4.79 Å². The molecular weight excluding hydrogens is 244 g/mol. The standard InChI is InChI=1S/C14H18N2O3/c1-18-16-10-2-3-13-11(8-10)12(17)9-14(19-13)4-6-15-7-5-14/h2-3,8,15-16H,4-7,9H2,1H3. The van der Waals surface area contributed by atoms with Crippen molar-refractivity contribution in [3.63, 3.8) is 0 Å². The first-order valence-electron chi connectivity index (χ1n) is 6.58. The van der Waals surface area contributed by atoms with Crippen LogP contribution in [0.2, 0.25) is 0 Å². The lowest BCUT2D eigenvalue weighted by Crippen LogP contribution is -2.49. The third kappa shape index (κ3) is 2.31. The second-order valence-electron chi connectivity index (χ2n) is 5.15. The molecule has 0 amide bonds. The van der Waals surface area contributed by atoms with Crippen LogP contribution in [0, 0.1) is 0 Å². The normalized spacial score (nSPS) is 20.8. The van der Waals surface area contributed by atoms with Gasteiger partial charge in [-0.1, -0.05) is 0 Å². The van der Waals surface area contributed by atoms with Gasteiger partial charge in [-0.3, -0.25) is 15.1 Å². The van der Waals surface area contributed by atoms with Gasteiger partial charge in [-0.05, 0) is 31.3 Å². The summed E-state index contributed by atoms with van der Waals surface area (Å²) in [5.74, 6) is 0.850. The number of anilines is 1. The molecule has 1 saturated heterocycles. The number of nitrogens with one attached hydrogen (secondary N) is 2. The molecule has 0 bridgehead atoms. The fourth-order valence-corrected chi connectivity index (χ4v) is 2.84. The van der Waals surface area contributed by atoms with Gasteiger partial charge in [0.1, 0.15) is 11.4 Å². The predicted molar refractivity (Wildman–Crippen MR) is 71.5 cm³/mol. The van der Waals surface area contributed by atoms with E-state index in [0.717, 1.165) is 31.6 Å². The Kier molecular flexibility index (Phi) is 3.16. The summed E-state index contributed by atoms with van der Waals surface area (Å²) in [6, 6.07) is 5.49. The van der Waals surface area contributed by atoms with E-state index in [1.54, 1.807) is 13.2 Å². The minimum Gasteiger partial charge on any atom is -0.486 e. The van der Waals surface area contributed by atoms with Crippen LogP contribution in [-0.4, -0.2) is 31.6 Å². The predicted octanol–water partition coefficient (Wildman–Crippen LogP) is 1.75. The summed E-state index contributed by atoms with van der Waals surface area (Å²) < 4.78 is 6.13. The van der Waals surface area contributed by atoms with E-state index in [4.69, 9.17) is 9.57 Å². The first-order chi connectivity index (χ1) is 9.22. The molecule has 5 heteroatoms. The van der Waals surface area contributed by atoms with E-state index in [1.165, 1.54) is 0 Å². The Morgan fingerprint density at radius 3 is 2.89 bits per heavy atom. The third-order valence-electron chi connectivity index (χ3n) is 3.82. The van der Waals surface area contributed by atoms with Gasteiger partial charge in [0.2, 0.25) is 0 Å². The molecule has 1 spiro atoms. The smallest absolute Gasteiger partial charge is 0.170 e. The van der Waals surface area contributed by atoms with Crippen molar-refractivity contribution in [1.82, 2.24) is 5.32 Å². The Hall–Kier alpha value is -1.59. The molecule has 1 fully saturated rings. The van der Waals surface area contributed by atoms with Crippen molar-refractivity contribution in [3.8, 4) is 5.75 Å². The number of hydrogen-bond acceptors (Lipinski definition) is 5. The zero-order valence-electron chi connectivity index (χ0n) is 11.0. The number of carbonyl (C=O) groups is 1. The highest BCUT2D eigenvalue weighted by Gasteiger charge is 2.41. The van der Waals surface area contributed by atoms with Gasteiger partial charge in [-0.25, -0.2) is 0 Å². The number of carbonyl (C=O) groups excluding carboxylic acids is 1. The minimum atomic E-state index is -0.300. The number of hydrogen-bond donors (Lipinski definition) is 2. The SMILES string of the molecule is CONc1ccc2c(c1)C(=O)CC1(CCNCC1)O2. The molecule has 2 N–H and O–H groups in total. The van der Waals surface area contributed by atoms with E-state index in [-0.39, 0.29) is 11.4 Å². The number of rotatable bonds is 2. The van der Waals surface area contributed by atoms with E-state index < -0.39 is 0 Å². The first-order valence-corrected chi connectivity index (χ1v) is 6.58. The van der Waals surface area contributed by atoms with Gasteiger partial charge in [0.05, 0.1) is 24.8 Å². The van der Waals surface area contributed by atoms with Crippen LogP contribution in [0.1, 0.15) is 29.6 Å². The lowest BCUT2D eigenvalue weighted by Gasteiger charge is -2.40. The second kappa shape index (κ2) is 4.83. The van der Waals surface area contributed by atoms with Gasteiger partial charge in [-0.15, -0.1) is 0 Å². The van der Waals surface area contributed by atoms with E-state index >= 15 is 0 Å². The summed E-state index contributed by atoms with van der Waals surface area (Å²) in [6.45, 7) is 1.82. The molecule has 2 aliphatic heterocycles. The lowest BCUT2D eigenvalue weighted by atomic mass is 9.83. The number of Topliss-reactive ketones (excluding diaryl/α,β-unsaturated/α-hetero) is 1. The first kappa shape index (κ1) is 12.4. The van der Waals surface area contributed by atoms with E-state index in [2.05, 4.69) is 10.8 Å². The highest BCUT2D eigenvalue weighted by molar-refractivity contribution is 6.01. The third-order valence-corrected chi connectivity index (χ3v) is 3.82. The van der Waals surface area contributed by atoms with Gasteiger partial charge in [-0.2, -0.15) is 0 Å². The molecule has 2 aliphatic rings. The number of fused-ring (bicyclic) bond motifs is 1. The second-order valence-corrected chi connectivity index (χ2v) is 5.15.